The molecule has 1 fully saturated rings. The van der Waals surface area contributed by atoms with Crippen molar-refractivity contribution < 1.29 is 9.84 Å². The van der Waals surface area contributed by atoms with Crippen LogP contribution in [0.3, 0.4) is 0 Å². The molecule has 1 aromatic rings. The molecule has 1 unspecified atom stereocenters. The number of hydrogen-bond acceptors (Lipinski definition) is 6. The Hall–Kier alpha value is -0.690. The molecular weight excluding hydrogens is 214 g/mol. The van der Waals surface area contributed by atoms with Gasteiger partial charge in [0.15, 0.2) is 5.13 Å². The molecule has 0 aliphatic carbocycles. The van der Waals surface area contributed by atoms with E-state index in [1.807, 2.05) is 6.20 Å². The second-order valence-electron chi connectivity index (χ2n) is 3.58. The van der Waals surface area contributed by atoms with Crippen LogP contribution in [0, 0.1) is 0 Å². The minimum absolute atomic E-state index is 0.0518. The number of rotatable bonds is 3. The molecule has 0 radical (unpaired) electrons. The van der Waals surface area contributed by atoms with Crippen molar-refractivity contribution in [2.45, 2.75) is 12.6 Å². The van der Waals surface area contributed by atoms with Gasteiger partial charge in [-0.2, -0.15) is 0 Å². The summed E-state index contributed by atoms with van der Waals surface area (Å²) in [5, 5.41) is 9.61. The van der Waals surface area contributed by atoms with Crippen LogP contribution in [0.1, 0.15) is 4.88 Å². The number of nitrogen functional groups attached to an aromatic ring is 1. The summed E-state index contributed by atoms with van der Waals surface area (Å²) in [6.45, 7) is 3.28. The lowest BCUT2D eigenvalue weighted by atomic mass is 10.3. The van der Waals surface area contributed by atoms with E-state index in [1.54, 1.807) is 0 Å². The highest BCUT2D eigenvalue weighted by molar-refractivity contribution is 7.15. The molecule has 0 aromatic carbocycles. The van der Waals surface area contributed by atoms with E-state index in [1.165, 1.54) is 11.3 Å². The molecule has 1 aliphatic rings. The molecule has 15 heavy (non-hydrogen) atoms. The second kappa shape index (κ2) is 4.89. The first kappa shape index (κ1) is 10.8. The smallest absolute Gasteiger partial charge is 0.180 e. The van der Waals surface area contributed by atoms with Gasteiger partial charge in [0, 0.05) is 30.7 Å². The fourth-order valence-electron chi connectivity index (χ4n) is 1.65. The summed E-state index contributed by atoms with van der Waals surface area (Å²) in [5.41, 5.74) is 5.56. The largest absolute Gasteiger partial charge is 0.394 e. The summed E-state index contributed by atoms with van der Waals surface area (Å²) in [6.07, 6.45) is 1.76. The molecule has 6 heteroatoms. The lowest BCUT2D eigenvalue weighted by molar-refractivity contribution is -0.0548. The normalized spacial score (nSPS) is 23.1. The highest BCUT2D eigenvalue weighted by Gasteiger charge is 2.20. The van der Waals surface area contributed by atoms with Crippen LogP contribution in [0.2, 0.25) is 0 Å². The lowest BCUT2D eigenvalue weighted by Gasteiger charge is -2.31. The summed E-state index contributed by atoms with van der Waals surface area (Å²) in [7, 11) is 0. The van der Waals surface area contributed by atoms with Gasteiger partial charge in [0.2, 0.25) is 0 Å². The first-order chi connectivity index (χ1) is 7.28. The molecule has 1 aliphatic heterocycles. The first-order valence-electron chi connectivity index (χ1n) is 4.93. The maximum absolute atomic E-state index is 9.00. The number of aliphatic hydroxyl groups is 1. The van der Waals surface area contributed by atoms with Gasteiger partial charge in [0.25, 0.3) is 0 Å². The van der Waals surface area contributed by atoms with Crippen LogP contribution in [0.25, 0.3) is 0 Å². The van der Waals surface area contributed by atoms with E-state index in [-0.39, 0.29) is 12.7 Å². The van der Waals surface area contributed by atoms with E-state index in [2.05, 4.69) is 9.88 Å². The average Bonchev–Trinajstić information content (AvgIpc) is 2.64. The van der Waals surface area contributed by atoms with Crippen molar-refractivity contribution >= 4 is 16.5 Å². The minimum atomic E-state index is -0.0518. The number of morpholine rings is 1. The fourth-order valence-corrected chi connectivity index (χ4v) is 2.38. The number of aromatic nitrogens is 1. The van der Waals surface area contributed by atoms with Gasteiger partial charge < -0.3 is 15.6 Å². The van der Waals surface area contributed by atoms with E-state index in [9.17, 15) is 0 Å². The molecule has 84 valence electrons. The van der Waals surface area contributed by atoms with Crippen molar-refractivity contribution in [1.29, 1.82) is 0 Å². The van der Waals surface area contributed by atoms with Gasteiger partial charge in [0.1, 0.15) is 0 Å². The minimum Gasteiger partial charge on any atom is -0.394 e. The Labute approximate surface area is 92.5 Å². The van der Waals surface area contributed by atoms with E-state index in [4.69, 9.17) is 15.6 Å². The highest BCUT2D eigenvalue weighted by atomic mass is 32.1. The van der Waals surface area contributed by atoms with Crippen molar-refractivity contribution in [3.05, 3.63) is 11.1 Å². The first-order valence-corrected chi connectivity index (χ1v) is 5.74. The molecule has 2 rings (SSSR count). The molecule has 0 bridgehead atoms. The molecule has 0 amide bonds. The predicted molar refractivity (Wildman–Crippen MR) is 58.6 cm³/mol. The van der Waals surface area contributed by atoms with E-state index >= 15 is 0 Å². The lowest BCUT2D eigenvalue weighted by Crippen LogP contribution is -2.43. The van der Waals surface area contributed by atoms with Crippen LogP contribution in [0.4, 0.5) is 5.13 Å². The standard InChI is InChI=1S/C9H15N3O2S/c10-9-11-3-8(15-9)5-12-1-2-14-7(4-12)6-13/h3,7,13H,1-2,4-6H2,(H2,10,11). The number of thiazole rings is 1. The Kier molecular flexibility index (Phi) is 3.53. The third-order valence-corrected chi connectivity index (χ3v) is 3.19. The number of hydrogen-bond donors (Lipinski definition) is 2. The predicted octanol–water partition coefficient (Wildman–Crippen LogP) is -0.0816. The summed E-state index contributed by atoms with van der Waals surface area (Å²) in [5.74, 6) is 0. The van der Waals surface area contributed by atoms with Gasteiger partial charge >= 0.3 is 0 Å². The zero-order valence-electron chi connectivity index (χ0n) is 8.43. The Morgan fingerprint density at radius 2 is 2.60 bits per heavy atom. The SMILES string of the molecule is Nc1ncc(CN2CCOC(CO)C2)s1. The van der Waals surface area contributed by atoms with Gasteiger partial charge in [-0.1, -0.05) is 0 Å². The summed E-state index contributed by atoms with van der Waals surface area (Å²) in [4.78, 5) is 7.42. The number of nitrogens with two attached hydrogens (primary N) is 1. The van der Waals surface area contributed by atoms with Crippen molar-refractivity contribution in [3.8, 4) is 0 Å². The van der Waals surface area contributed by atoms with Crippen LogP contribution < -0.4 is 5.73 Å². The topological polar surface area (TPSA) is 71.6 Å². The van der Waals surface area contributed by atoms with E-state index in [0.29, 0.717) is 11.7 Å². The van der Waals surface area contributed by atoms with Crippen molar-refractivity contribution in [2.75, 3.05) is 32.0 Å². The second-order valence-corrected chi connectivity index (χ2v) is 4.72. The van der Waals surface area contributed by atoms with Gasteiger partial charge in [-0.15, -0.1) is 11.3 Å². The Morgan fingerprint density at radius 3 is 3.27 bits per heavy atom. The van der Waals surface area contributed by atoms with Crippen molar-refractivity contribution in [1.82, 2.24) is 9.88 Å². The molecule has 3 N–H and O–H groups in total. The zero-order valence-corrected chi connectivity index (χ0v) is 9.24. The Balaban J connectivity index is 1.88. The van der Waals surface area contributed by atoms with Crippen LogP contribution in [0.15, 0.2) is 6.20 Å². The molecule has 1 atom stereocenters. The van der Waals surface area contributed by atoms with E-state index < -0.39 is 0 Å². The van der Waals surface area contributed by atoms with Crippen LogP contribution >= 0.6 is 11.3 Å². The number of aliphatic hydroxyl groups excluding tert-OH is 1. The van der Waals surface area contributed by atoms with Crippen LogP contribution in [-0.4, -0.2) is 47.4 Å². The van der Waals surface area contributed by atoms with Crippen molar-refractivity contribution in [3.63, 3.8) is 0 Å². The summed E-state index contributed by atoms with van der Waals surface area (Å²) >= 11 is 1.51. The fraction of sp³-hybridized carbons (Fsp3) is 0.667. The third-order valence-electron chi connectivity index (χ3n) is 2.38. The molecular formula is C9H15N3O2S. The highest BCUT2D eigenvalue weighted by Crippen LogP contribution is 2.17. The van der Waals surface area contributed by atoms with Crippen molar-refractivity contribution in [2.24, 2.45) is 0 Å². The van der Waals surface area contributed by atoms with Gasteiger partial charge in [0.05, 0.1) is 19.3 Å². The zero-order chi connectivity index (χ0) is 10.7. The quantitative estimate of drug-likeness (QED) is 0.758. The summed E-state index contributed by atoms with van der Waals surface area (Å²) in [6, 6.07) is 0. The molecule has 5 nitrogen and oxygen atoms in total. The number of nitrogens with zero attached hydrogens (tertiary/aromatic N) is 2. The third kappa shape index (κ3) is 2.88. The molecule has 0 spiro atoms. The number of ether oxygens (including phenoxy) is 1. The van der Waals surface area contributed by atoms with Gasteiger partial charge in [-0.3, -0.25) is 4.90 Å². The summed E-state index contributed by atoms with van der Waals surface area (Å²) < 4.78 is 5.37. The molecule has 1 aromatic heterocycles. The Morgan fingerprint density at radius 1 is 1.73 bits per heavy atom. The maximum atomic E-state index is 9.00. The maximum Gasteiger partial charge on any atom is 0.180 e. The molecule has 1 saturated heterocycles. The van der Waals surface area contributed by atoms with Gasteiger partial charge in [-0.05, 0) is 0 Å². The Bertz CT molecular complexity index is 318. The molecule has 2 heterocycles. The monoisotopic (exact) mass is 229 g/mol. The van der Waals surface area contributed by atoms with Gasteiger partial charge in [-0.25, -0.2) is 4.98 Å². The van der Waals surface area contributed by atoms with Crippen LogP contribution in [0.5, 0.6) is 0 Å². The number of anilines is 1. The average molecular weight is 229 g/mol. The van der Waals surface area contributed by atoms with Crippen LogP contribution in [-0.2, 0) is 11.3 Å². The molecule has 0 saturated carbocycles. The van der Waals surface area contributed by atoms with E-state index in [0.717, 1.165) is 24.5 Å².